The van der Waals surface area contributed by atoms with Gasteiger partial charge in [0.2, 0.25) is 0 Å². The normalized spacial score (nSPS) is 10.5. The molecule has 0 bridgehead atoms. The van der Waals surface area contributed by atoms with E-state index in [0.29, 0.717) is 5.56 Å². The third-order valence-electron chi connectivity index (χ3n) is 2.36. The molecule has 17 heavy (non-hydrogen) atoms. The van der Waals surface area contributed by atoms with Gasteiger partial charge in [0.15, 0.2) is 6.29 Å². The Balaban J connectivity index is 2.35. The number of hydrogen-bond acceptors (Lipinski definition) is 3. The fourth-order valence-electron chi connectivity index (χ4n) is 1.52. The van der Waals surface area contributed by atoms with Crippen molar-refractivity contribution in [1.82, 2.24) is 9.78 Å². The number of halogens is 1. The molecule has 0 amide bonds. The van der Waals surface area contributed by atoms with Crippen molar-refractivity contribution in [3.63, 3.8) is 0 Å². The second-order valence-electron chi connectivity index (χ2n) is 3.60. The molecule has 5 heteroatoms. The van der Waals surface area contributed by atoms with Crippen LogP contribution in [0.25, 0.3) is 0 Å². The van der Waals surface area contributed by atoms with E-state index in [9.17, 15) is 4.79 Å². The summed E-state index contributed by atoms with van der Waals surface area (Å²) in [7, 11) is 1.85. The van der Waals surface area contributed by atoms with Gasteiger partial charge in [-0.25, -0.2) is 0 Å². The van der Waals surface area contributed by atoms with Gasteiger partial charge in [-0.15, -0.1) is 0 Å². The Bertz CT molecular complexity index is 548. The molecule has 0 radical (unpaired) electrons. The summed E-state index contributed by atoms with van der Waals surface area (Å²) in [6, 6.07) is 7.97. The van der Waals surface area contributed by atoms with E-state index < -0.39 is 0 Å². The Morgan fingerprint density at radius 3 is 2.59 bits per heavy atom. The zero-order chi connectivity index (χ0) is 12.4. The molecule has 0 atom stereocenters. The number of nitrogens with zero attached hydrogens (tertiary/aromatic N) is 2. The van der Waals surface area contributed by atoms with Crippen LogP contribution in [0.4, 0.5) is 0 Å². The van der Waals surface area contributed by atoms with Crippen molar-refractivity contribution in [2.45, 2.75) is 16.8 Å². The number of hydrogen-bond donors (Lipinski definition) is 0. The Hall–Kier alpha value is -1.07. The minimum atomic E-state index is 0.667. The molecule has 0 aliphatic carbocycles. The fraction of sp³-hybridized carbons (Fsp3) is 0.167. The Kier molecular flexibility index (Phi) is 3.69. The lowest BCUT2D eigenvalue weighted by Gasteiger charge is -2.03. The lowest BCUT2D eigenvalue weighted by molar-refractivity contribution is 0.112. The highest BCUT2D eigenvalue weighted by Gasteiger charge is 2.13. The van der Waals surface area contributed by atoms with Gasteiger partial charge >= 0.3 is 0 Å². The molecule has 2 aromatic rings. The Morgan fingerprint density at radius 1 is 1.35 bits per heavy atom. The summed E-state index contributed by atoms with van der Waals surface area (Å²) < 4.78 is 2.78. The topological polar surface area (TPSA) is 34.9 Å². The van der Waals surface area contributed by atoms with E-state index in [0.717, 1.165) is 26.4 Å². The van der Waals surface area contributed by atoms with Gasteiger partial charge in [0.1, 0.15) is 5.03 Å². The van der Waals surface area contributed by atoms with E-state index in [2.05, 4.69) is 21.0 Å². The minimum Gasteiger partial charge on any atom is -0.298 e. The molecule has 0 unspecified atom stereocenters. The molecular formula is C12H11BrN2OS. The average molecular weight is 311 g/mol. The summed E-state index contributed by atoms with van der Waals surface area (Å²) in [4.78, 5) is 12.1. The highest BCUT2D eigenvalue weighted by Crippen LogP contribution is 2.31. The van der Waals surface area contributed by atoms with Gasteiger partial charge in [-0.3, -0.25) is 9.48 Å². The predicted octanol–water partition coefficient (Wildman–Crippen LogP) is 3.45. The summed E-state index contributed by atoms with van der Waals surface area (Å²) in [6.07, 6.45) is 0.865. The molecule has 0 aliphatic rings. The lowest BCUT2D eigenvalue weighted by Crippen LogP contribution is -1.93. The summed E-state index contributed by atoms with van der Waals surface area (Å²) in [5.41, 5.74) is 1.43. The maximum Gasteiger partial charge on any atom is 0.154 e. The third kappa shape index (κ3) is 2.61. The van der Waals surface area contributed by atoms with E-state index in [1.165, 1.54) is 0 Å². The number of benzene rings is 1. The molecule has 0 saturated carbocycles. The van der Waals surface area contributed by atoms with Crippen molar-refractivity contribution in [1.29, 1.82) is 0 Å². The standard InChI is InChI=1S/C12H11BrN2OS/c1-8-11(7-16)12(15(2)14-8)17-10-5-3-9(13)4-6-10/h3-7H,1-2H3. The molecule has 0 fully saturated rings. The Labute approximate surface area is 112 Å². The van der Waals surface area contributed by atoms with Crippen LogP contribution in [0, 0.1) is 6.92 Å². The van der Waals surface area contributed by atoms with Crippen molar-refractivity contribution >= 4 is 34.0 Å². The van der Waals surface area contributed by atoms with Gasteiger partial charge in [-0.2, -0.15) is 5.10 Å². The van der Waals surface area contributed by atoms with Gasteiger partial charge in [0, 0.05) is 16.4 Å². The van der Waals surface area contributed by atoms with Crippen LogP contribution in [0.3, 0.4) is 0 Å². The molecule has 0 aliphatic heterocycles. The van der Waals surface area contributed by atoms with Crippen LogP contribution in [0.15, 0.2) is 38.7 Å². The van der Waals surface area contributed by atoms with Crippen LogP contribution in [0.1, 0.15) is 16.1 Å². The number of carbonyl (C=O) groups excluding carboxylic acids is 1. The van der Waals surface area contributed by atoms with Crippen LogP contribution in [-0.2, 0) is 7.05 Å². The molecule has 2 rings (SSSR count). The monoisotopic (exact) mass is 310 g/mol. The molecule has 1 aromatic carbocycles. The zero-order valence-corrected chi connectivity index (χ0v) is 11.9. The van der Waals surface area contributed by atoms with Gasteiger partial charge in [-0.05, 0) is 31.2 Å². The largest absolute Gasteiger partial charge is 0.298 e. The minimum absolute atomic E-state index is 0.667. The van der Waals surface area contributed by atoms with Crippen molar-refractivity contribution in [3.05, 3.63) is 40.0 Å². The van der Waals surface area contributed by atoms with Crippen LogP contribution >= 0.6 is 27.7 Å². The van der Waals surface area contributed by atoms with E-state index in [1.54, 1.807) is 16.4 Å². The summed E-state index contributed by atoms with van der Waals surface area (Å²) >= 11 is 4.94. The molecule has 1 heterocycles. The third-order valence-corrected chi connectivity index (χ3v) is 4.07. The van der Waals surface area contributed by atoms with Crippen LogP contribution in [0.5, 0.6) is 0 Å². The van der Waals surface area contributed by atoms with Crippen molar-refractivity contribution in [3.8, 4) is 0 Å². The lowest BCUT2D eigenvalue weighted by atomic mass is 10.3. The van der Waals surface area contributed by atoms with Crippen LogP contribution < -0.4 is 0 Å². The number of rotatable bonds is 3. The number of aromatic nitrogens is 2. The molecular weight excluding hydrogens is 300 g/mol. The van der Waals surface area contributed by atoms with Crippen molar-refractivity contribution in [2.75, 3.05) is 0 Å². The summed E-state index contributed by atoms with van der Waals surface area (Å²) in [5, 5.41) is 5.13. The first-order chi connectivity index (χ1) is 8.11. The molecule has 88 valence electrons. The average Bonchev–Trinajstić information content (AvgIpc) is 2.57. The highest BCUT2D eigenvalue weighted by atomic mass is 79.9. The highest BCUT2D eigenvalue weighted by molar-refractivity contribution is 9.10. The predicted molar refractivity (Wildman–Crippen MR) is 71.6 cm³/mol. The molecule has 0 spiro atoms. The van der Waals surface area contributed by atoms with E-state index >= 15 is 0 Å². The van der Waals surface area contributed by atoms with E-state index in [-0.39, 0.29) is 0 Å². The van der Waals surface area contributed by atoms with Crippen molar-refractivity contribution in [2.24, 2.45) is 7.05 Å². The fourth-order valence-corrected chi connectivity index (χ4v) is 2.76. The molecule has 0 saturated heterocycles. The van der Waals surface area contributed by atoms with Crippen LogP contribution in [-0.4, -0.2) is 16.1 Å². The van der Waals surface area contributed by atoms with Crippen LogP contribution in [0.2, 0.25) is 0 Å². The first-order valence-electron chi connectivity index (χ1n) is 5.04. The second kappa shape index (κ2) is 5.06. The van der Waals surface area contributed by atoms with Gasteiger partial charge < -0.3 is 0 Å². The maximum atomic E-state index is 11.0. The smallest absolute Gasteiger partial charge is 0.154 e. The van der Waals surface area contributed by atoms with E-state index in [4.69, 9.17) is 0 Å². The first-order valence-corrected chi connectivity index (χ1v) is 6.65. The van der Waals surface area contributed by atoms with Crippen molar-refractivity contribution < 1.29 is 4.79 Å². The number of carbonyl (C=O) groups is 1. The maximum absolute atomic E-state index is 11.0. The van der Waals surface area contributed by atoms with Gasteiger partial charge in [0.05, 0.1) is 11.3 Å². The number of aryl methyl sites for hydroxylation is 2. The Morgan fingerprint density at radius 2 is 2.00 bits per heavy atom. The zero-order valence-electron chi connectivity index (χ0n) is 9.48. The SMILES string of the molecule is Cc1nn(C)c(Sc2ccc(Br)cc2)c1C=O. The quantitative estimate of drug-likeness (QED) is 0.814. The van der Waals surface area contributed by atoms with Gasteiger partial charge in [-0.1, -0.05) is 27.7 Å². The number of aldehydes is 1. The van der Waals surface area contributed by atoms with Gasteiger partial charge in [0.25, 0.3) is 0 Å². The summed E-state index contributed by atoms with van der Waals surface area (Å²) in [6.45, 7) is 1.84. The first kappa shape index (κ1) is 12.4. The summed E-state index contributed by atoms with van der Waals surface area (Å²) in [5.74, 6) is 0. The second-order valence-corrected chi connectivity index (χ2v) is 5.58. The molecule has 1 aromatic heterocycles. The van der Waals surface area contributed by atoms with E-state index in [1.807, 2.05) is 38.2 Å². The molecule has 0 N–H and O–H groups in total. The molecule has 3 nitrogen and oxygen atoms in total.